The Morgan fingerprint density at radius 1 is 1.00 bits per heavy atom. The van der Waals surface area contributed by atoms with E-state index in [-0.39, 0.29) is 0 Å². The molecule has 4 N–H and O–H groups in total. The van der Waals surface area contributed by atoms with Crippen molar-refractivity contribution in [2.45, 2.75) is 6.42 Å². The largest absolute Gasteiger partial charge is 0.481 e. The number of aliphatic carboxylic acids is 2. The summed E-state index contributed by atoms with van der Waals surface area (Å²) in [5, 5.41) is 15.4. The highest BCUT2D eigenvalue weighted by atomic mass is 32.3. The zero-order valence-corrected chi connectivity index (χ0v) is 6.35. The third-order valence-electron chi connectivity index (χ3n) is 0.302. The Hall–Kier alpha value is -1.19. The summed E-state index contributed by atoms with van der Waals surface area (Å²) in [6.45, 7) is 0. The van der Waals surface area contributed by atoms with Crippen molar-refractivity contribution in [3.05, 3.63) is 0 Å². The lowest BCUT2D eigenvalue weighted by Gasteiger charge is -1.80. The van der Waals surface area contributed by atoms with Gasteiger partial charge < -0.3 is 10.2 Å². The molecule has 9 heteroatoms. The van der Waals surface area contributed by atoms with Gasteiger partial charge >= 0.3 is 22.3 Å². The summed E-state index contributed by atoms with van der Waals surface area (Å²) >= 11 is 0. The van der Waals surface area contributed by atoms with E-state index in [1.807, 2.05) is 0 Å². The van der Waals surface area contributed by atoms with Crippen molar-refractivity contribution in [3.63, 3.8) is 0 Å². The summed E-state index contributed by atoms with van der Waals surface area (Å²) in [5.41, 5.74) is 0. The Bertz CT molecular complexity index is 229. The van der Waals surface area contributed by atoms with E-state index in [1.54, 1.807) is 0 Å². The Balaban J connectivity index is 0. The van der Waals surface area contributed by atoms with Gasteiger partial charge in [-0.3, -0.25) is 18.7 Å². The summed E-state index contributed by atoms with van der Waals surface area (Å²) in [6.07, 6.45) is -0.806. The third-order valence-corrected chi connectivity index (χ3v) is 0.302. The average molecular weight is 202 g/mol. The van der Waals surface area contributed by atoms with Crippen LogP contribution in [-0.4, -0.2) is 39.7 Å². The SMILES string of the molecule is O=C(O)CC(=O)O.O=S(=O)(O)O. The summed E-state index contributed by atoms with van der Waals surface area (Å²) in [7, 11) is -4.67. The van der Waals surface area contributed by atoms with Crippen molar-refractivity contribution < 1.29 is 37.3 Å². The molecule has 0 aromatic heterocycles. The van der Waals surface area contributed by atoms with E-state index in [1.165, 1.54) is 0 Å². The average Bonchev–Trinajstić information content (AvgIpc) is 1.52. The van der Waals surface area contributed by atoms with Crippen molar-refractivity contribution in [2.24, 2.45) is 0 Å². The first-order valence-corrected chi connectivity index (χ1v) is 3.66. The molecule has 0 heterocycles. The van der Waals surface area contributed by atoms with Gasteiger partial charge in [-0.05, 0) is 0 Å². The molecule has 0 unspecified atom stereocenters. The summed E-state index contributed by atoms with van der Waals surface area (Å²) in [4.78, 5) is 18.9. The minimum absolute atomic E-state index is 0.806. The van der Waals surface area contributed by atoms with Gasteiger partial charge in [0.15, 0.2) is 0 Å². The first-order chi connectivity index (χ1) is 5.13. The molecule has 0 saturated carbocycles. The second-order valence-corrected chi connectivity index (χ2v) is 2.31. The molecule has 0 aliphatic heterocycles. The molecule has 0 rings (SSSR count). The van der Waals surface area contributed by atoms with Gasteiger partial charge in [-0.2, -0.15) is 8.42 Å². The second kappa shape index (κ2) is 5.46. The second-order valence-electron chi connectivity index (χ2n) is 1.41. The normalized spacial score (nSPS) is 9.50. The van der Waals surface area contributed by atoms with Crippen LogP contribution in [0.1, 0.15) is 6.42 Å². The van der Waals surface area contributed by atoms with Crippen molar-refractivity contribution in [1.82, 2.24) is 0 Å². The maximum atomic E-state index is 9.43. The van der Waals surface area contributed by atoms with Crippen LogP contribution >= 0.6 is 0 Å². The Morgan fingerprint density at radius 3 is 1.17 bits per heavy atom. The fraction of sp³-hybridized carbons (Fsp3) is 0.333. The van der Waals surface area contributed by atoms with Crippen molar-refractivity contribution in [2.75, 3.05) is 0 Å². The van der Waals surface area contributed by atoms with Gasteiger partial charge in [0.05, 0.1) is 0 Å². The minimum atomic E-state index is -4.67. The van der Waals surface area contributed by atoms with Crippen LogP contribution in [-0.2, 0) is 20.0 Å². The van der Waals surface area contributed by atoms with E-state index in [9.17, 15) is 9.59 Å². The molecular weight excluding hydrogens is 196 g/mol. The van der Waals surface area contributed by atoms with Gasteiger partial charge in [-0.15, -0.1) is 0 Å². The maximum absolute atomic E-state index is 9.43. The molecule has 0 radical (unpaired) electrons. The van der Waals surface area contributed by atoms with Gasteiger partial charge in [0.25, 0.3) is 0 Å². The lowest BCUT2D eigenvalue weighted by molar-refractivity contribution is -0.147. The van der Waals surface area contributed by atoms with Crippen molar-refractivity contribution in [3.8, 4) is 0 Å². The number of hydrogen-bond acceptors (Lipinski definition) is 4. The first kappa shape index (κ1) is 13.4. The molecule has 0 spiro atoms. The van der Waals surface area contributed by atoms with Gasteiger partial charge in [-0.25, -0.2) is 0 Å². The van der Waals surface area contributed by atoms with E-state index >= 15 is 0 Å². The van der Waals surface area contributed by atoms with Crippen LogP contribution in [0.15, 0.2) is 0 Å². The molecule has 0 aromatic rings. The molecule has 8 nitrogen and oxygen atoms in total. The number of carbonyl (C=O) groups is 2. The van der Waals surface area contributed by atoms with Crippen LogP contribution in [0.4, 0.5) is 0 Å². The van der Waals surface area contributed by atoms with Crippen LogP contribution in [0.3, 0.4) is 0 Å². The molecule has 12 heavy (non-hydrogen) atoms. The summed E-state index contributed by atoms with van der Waals surface area (Å²) in [5.74, 6) is -2.62. The maximum Gasteiger partial charge on any atom is 0.394 e. The number of carboxylic acids is 2. The zero-order chi connectivity index (χ0) is 10.4. The minimum Gasteiger partial charge on any atom is -0.481 e. The third kappa shape index (κ3) is 68.1. The highest BCUT2D eigenvalue weighted by Gasteiger charge is 2.01. The van der Waals surface area contributed by atoms with Gasteiger partial charge in [0.2, 0.25) is 0 Å². The van der Waals surface area contributed by atoms with Crippen molar-refractivity contribution in [1.29, 1.82) is 0 Å². The number of carboxylic acid groups (broad SMARTS) is 2. The molecular formula is C3H6O8S. The summed E-state index contributed by atoms with van der Waals surface area (Å²) < 4.78 is 31.6. The van der Waals surface area contributed by atoms with E-state index in [4.69, 9.17) is 27.7 Å². The van der Waals surface area contributed by atoms with Crippen LogP contribution in [0, 0.1) is 0 Å². The Kier molecular flexibility index (Phi) is 6.10. The monoisotopic (exact) mass is 202 g/mol. The van der Waals surface area contributed by atoms with Crippen molar-refractivity contribution >= 4 is 22.3 Å². The topological polar surface area (TPSA) is 149 Å². The highest BCUT2D eigenvalue weighted by Crippen LogP contribution is 1.74. The lowest BCUT2D eigenvalue weighted by atomic mass is 10.5. The standard InChI is InChI=1S/C3H4O4.H2O4S/c4-2(5)1-3(6)7;1-5(2,3)4/h1H2,(H,4,5)(H,6,7);(H2,1,2,3,4). The number of hydrogen-bond donors (Lipinski definition) is 4. The molecule has 0 saturated heterocycles. The predicted molar refractivity (Wildman–Crippen MR) is 34.1 cm³/mol. The summed E-state index contributed by atoms with van der Waals surface area (Å²) in [6, 6.07) is 0. The van der Waals surface area contributed by atoms with Gasteiger partial charge in [-0.1, -0.05) is 0 Å². The molecule has 0 fully saturated rings. The highest BCUT2D eigenvalue weighted by molar-refractivity contribution is 7.79. The van der Waals surface area contributed by atoms with E-state index < -0.39 is 28.8 Å². The Morgan fingerprint density at radius 2 is 1.17 bits per heavy atom. The fourth-order valence-electron chi connectivity index (χ4n) is 0.129. The van der Waals surface area contributed by atoms with E-state index in [0.29, 0.717) is 0 Å². The molecule has 0 aliphatic rings. The molecule has 0 aliphatic carbocycles. The van der Waals surface area contributed by atoms with Crippen LogP contribution in [0.25, 0.3) is 0 Å². The van der Waals surface area contributed by atoms with E-state index in [0.717, 1.165) is 0 Å². The fourth-order valence-corrected chi connectivity index (χ4v) is 0.129. The smallest absolute Gasteiger partial charge is 0.394 e. The van der Waals surface area contributed by atoms with Crippen LogP contribution in [0.2, 0.25) is 0 Å². The number of rotatable bonds is 2. The van der Waals surface area contributed by atoms with Gasteiger partial charge in [0.1, 0.15) is 6.42 Å². The lowest BCUT2D eigenvalue weighted by Crippen LogP contribution is -2.03. The molecule has 0 atom stereocenters. The molecule has 0 aromatic carbocycles. The molecule has 0 amide bonds. The quantitative estimate of drug-likeness (QED) is 0.325. The van der Waals surface area contributed by atoms with Crippen LogP contribution < -0.4 is 0 Å². The van der Waals surface area contributed by atoms with Crippen LogP contribution in [0.5, 0.6) is 0 Å². The zero-order valence-electron chi connectivity index (χ0n) is 5.54. The predicted octanol–water partition coefficient (Wildman–Crippen LogP) is -1.11. The van der Waals surface area contributed by atoms with Gasteiger partial charge in [0, 0.05) is 0 Å². The Labute approximate surface area is 67.0 Å². The molecule has 0 bridgehead atoms. The van der Waals surface area contributed by atoms with E-state index in [2.05, 4.69) is 0 Å². The first-order valence-electron chi connectivity index (χ1n) is 2.26. The molecule has 72 valence electrons.